The van der Waals surface area contributed by atoms with E-state index in [1.165, 1.54) is 0 Å². The first kappa shape index (κ1) is 14.2. The van der Waals surface area contributed by atoms with E-state index in [0.29, 0.717) is 19.1 Å². The van der Waals surface area contributed by atoms with Crippen LogP contribution >= 0.6 is 0 Å². The Morgan fingerprint density at radius 3 is 2.00 bits per heavy atom. The molecule has 17 heavy (non-hydrogen) atoms. The number of hydrogen-bond acceptors (Lipinski definition) is 3. The Balaban J connectivity index is 2.49. The molecule has 0 radical (unpaired) electrons. The predicted octanol–water partition coefficient (Wildman–Crippen LogP) is 1.15. The highest BCUT2D eigenvalue weighted by molar-refractivity contribution is 6.36. The summed E-state index contributed by atoms with van der Waals surface area (Å²) in [6, 6.07) is 0.512. The fourth-order valence-corrected chi connectivity index (χ4v) is 1.99. The fourth-order valence-electron chi connectivity index (χ4n) is 1.99. The van der Waals surface area contributed by atoms with Crippen LogP contribution in [0.25, 0.3) is 0 Å². The van der Waals surface area contributed by atoms with Crippen LogP contribution in [0.4, 0.5) is 0 Å². The summed E-state index contributed by atoms with van der Waals surface area (Å²) in [5.41, 5.74) is 0. The Labute approximate surface area is 104 Å². The van der Waals surface area contributed by atoms with Crippen molar-refractivity contribution in [1.29, 1.82) is 0 Å². The molecule has 98 valence electrons. The third-order valence-electron chi connectivity index (χ3n) is 3.60. The van der Waals surface area contributed by atoms with Gasteiger partial charge in [0.25, 0.3) is 5.91 Å². The van der Waals surface area contributed by atoms with Gasteiger partial charge in [-0.1, -0.05) is 13.8 Å². The molecule has 0 aromatic heterocycles. The van der Waals surface area contributed by atoms with Gasteiger partial charge in [-0.15, -0.1) is 0 Å². The van der Waals surface area contributed by atoms with Crippen LogP contribution in [0.2, 0.25) is 0 Å². The van der Waals surface area contributed by atoms with E-state index in [1.54, 1.807) is 4.90 Å². The van der Waals surface area contributed by atoms with Crippen LogP contribution in [0.3, 0.4) is 0 Å². The fraction of sp³-hybridized carbons (Fsp3) is 0.846. The molecule has 1 unspecified atom stereocenters. The van der Waals surface area contributed by atoms with E-state index in [4.69, 9.17) is 0 Å². The van der Waals surface area contributed by atoms with Crippen LogP contribution in [0, 0.1) is 5.92 Å². The highest BCUT2D eigenvalue weighted by atomic mass is 16.2. The zero-order chi connectivity index (χ0) is 13.0. The molecule has 1 amide bonds. The topological polar surface area (TPSA) is 40.6 Å². The van der Waals surface area contributed by atoms with E-state index in [9.17, 15) is 9.59 Å². The molecule has 0 aromatic carbocycles. The number of carbonyl (C=O) groups is 2. The number of piperazine rings is 1. The molecule has 1 aliphatic rings. The van der Waals surface area contributed by atoms with Crippen LogP contribution < -0.4 is 0 Å². The smallest absolute Gasteiger partial charge is 0.290 e. The molecule has 1 rings (SSSR count). The van der Waals surface area contributed by atoms with Gasteiger partial charge in [0.1, 0.15) is 0 Å². The number of nitrogens with zero attached hydrogens (tertiary/aromatic N) is 2. The maximum absolute atomic E-state index is 11.9. The molecule has 1 saturated heterocycles. The summed E-state index contributed by atoms with van der Waals surface area (Å²) in [4.78, 5) is 27.7. The molecule has 0 aliphatic carbocycles. The highest BCUT2D eigenvalue weighted by Crippen LogP contribution is 2.09. The molecule has 1 atom stereocenters. The van der Waals surface area contributed by atoms with E-state index < -0.39 is 0 Å². The molecule has 1 heterocycles. The van der Waals surface area contributed by atoms with Gasteiger partial charge in [-0.2, -0.15) is 0 Å². The van der Waals surface area contributed by atoms with Gasteiger partial charge >= 0.3 is 0 Å². The van der Waals surface area contributed by atoms with E-state index in [0.717, 1.165) is 19.5 Å². The van der Waals surface area contributed by atoms with Crippen molar-refractivity contribution >= 4 is 11.7 Å². The number of amides is 1. The van der Waals surface area contributed by atoms with Gasteiger partial charge in [-0.25, -0.2) is 0 Å². The van der Waals surface area contributed by atoms with Crippen molar-refractivity contribution in [3.05, 3.63) is 0 Å². The van der Waals surface area contributed by atoms with Crippen molar-refractivity contribution in [2.24, 2.45) is 5.92 Å². The van der Waals surface area contributed by atoms with E-state index in [1.807, 2.05) is 13.8 Å². The van der Waals surface area contributed by atoms with Crippen molar-refractivity contribution in [2.45, 2.75) is 40.2 Å². The second-order valence-electron chi connectivity index (χ2n) is 5.10. The van der Waals surface area contributed by atoms with E-state index in [-0.39, 0.29) is 17.6 Å². The highest BCUT2D eigenvalue weighted by Gasteiger charge is 2.28. The maximum atomic E-state index is 11.9. The lowest BCUT2D eigenvalue weighted by molar-refractivity contribution is -0.147. The zero-order valence-electron chi connectivity index (χ0n) is 11.4. The lowest BCUT2D eigenvalue weighted by atomic mass is 10.0. The minimum atomic E-state index is -0.289. The monoisotopic (exact) mass is 240 g/mol. The molecule has 0 aromatic rings. The number of rotatable bonds is 4. The second-order valence-corrected chi connectivity index (χ2v) is 5.10. The number of Topliss-reactive ketones (excluding diaryl/α,β-unsaturated/α-hetero) is 1. The molecule has 0 N–H and O–H groups in total. The third-order valence-corrected chi connectivity index (χ3v) is 3.60. The zero-order valence-corrected chi connectivity index (χ0v) is 11.4. The Bertz CT molecular complexity index is 281. The quantitative estimate of drug-likeness (QED) is 0.692. The summed E-state index contributed by atoms with van der Waals surface area (Å²) in [5, 5.41) is 0. The van der Waals surface area contributed by atoms with Gasteiger partial charge in [0.2, 0.25) is 5.78 Å². The van der Waals surface area contributed by atoms with Crippen LogP contribution in [0.15, 0.2) is 0 Å². The van der Waals surface area contributed by atoms with Crippen molar-refractivity contribution in [3.63, 3.8) is 0 Å². The lowest BCUT2D eigenvalue weighted by Crippen LogP contribution is -2.52. The predicted molar refractivity (Wildman–Crippen MR) is 67.8 cm³/mol. The Morgan fingerprint density at radius 2 is 1.59 bits per heavy atom. The van der Waals surface area contributed by atoms with Crippen LogP contribution in [-0.2, 0) is 9.59 Å². The standard InChI is InChI=1S/C13H24N2O2/c1-5-11(4)12(16)13(17)15-8-6-14(7-9-15)10(2)3/h10-11H,5-9H2,1-4H3. The second kappa shape index (κ2) is 6.15. The van der Waals surface area contributed by atoms with Crippen LogP contribution in [0.1, 0.15) is 34.1 Å². The summed E-state index contributed by atoms with van der Waals surface area (Å²) in [6.07, 6.45) is 0.733. The average Bonchev–Trinajstić information content (AvgIpc) is 2.36. The van der Waals surface area contributed by atoms with E-state index in [2.05, 4.69) is 18.7 Å². The van der Waals surface area contributed by atoms with Gasteiger partial charge in [-0.05, 0) is 20.3 Å². The van der Waals surface area contributed by atoms with Crippen molar-refractivity contribution < 1.29 is 9.59 Å². The molecule has 0 saturated carbocycles. The van der Waals surface area contributed by atoms with Crippen molar-refractivity contribution in [1.82, 2.24) is 9.80 Å². The molecule has 0 bridgehead atoms. The summed E-state index contributed by atoms with van der Waals surface area (Å²) in [7, 11) is 0. The van der Waals surface area contributed by atoms with Crippen LogP contribution in [-0.4, -0.2) is 53.7 Å². The van der Waals surface area contributed by atoms with Gasteiger partial charge in [0.05, 0.1) is 0 Å². The Kier molecular flexibility index (Phi) is 5.12. The van der Waals surface area contributed by atoms with Gasteiger partial charge in [0.15, 0.2) is 0 Å². The maximum Gasteiger partial charge on any atom is 0.290 e. The summed E-state index contributed by atoms with van der Waals surface area (Å²) < 4.78 is 0. The molecule has 4 heteroatoms. The minimum Gasteiger partial charge on any atom is -0.334 e. The summed E-state index contributed by atoms with van der Waals surface area (Å²) in [5.74, 6) is -0.668. The summed E-state index contributed by atoms with van der Waals surface area (Å²) >= 11 is 0. The third kappa shape index (κ3) is 3.53. The molecule has 1 fully saturated rings. The van der Waals surface area contributed by atoms with Gasteiger partial charge in [0, 0.05) is 38.1 Å². The largest absolute Gasteiger partial charge is 0.334 e. The number of hydrogen-bond donors (Lipinski definition) is 0. The molecule has 0 spiro atoms. The first-order valence-electron chi connectivity index (χ1n) is 6.54. The molecule has 4 nitrogen and oxygen atoms in total. The first-order valence-corrected chi connectivity index (χ1v) is 6.54. The normalized spacial score (nSPS) is 19.5. The molecule has 1 aliphatic heterocycles. The number of carbonyl (C=O) groups excluding carboxylic acids is 2. The van der Waals surface area contributed by atoms with Gasteiger partial charge < -0.3 is 4.90 Å². The molecular formula is C13H24N2O2. The van der Waals surface area contributed by atoms with Crippen LogP contribution in [0.5, 0.6) is 0 Å². The average molecular weight is 240 g/mol. The SMILES string of the molecule is CCC(C)C(=O)C(=O)N1CCN(C(C)C)CC1. The van der Waals surface area contributed by atoms with Crippen molar-refractivity contribution in [3.8, 4) is 0 Å². The Hall–Kier alpha value is -0.900. The first-order chi connectivity index (χ1) is 7.97. The summed E-state index contributed by atoms with van der Waals surface area (Å²) in [6.45, 7) is 11.2. The van der Waals surface area contributed by atoms with E-state index >= 15 is 0 Å². The Morgan fingerprint density at radius 1 is 1.06 bits per heavy atom. The lowest BCUT2D eigenvalue weighted by Gasteiger charge is -2.36. The van der Waals surface area contributed by atoms with Gasteiger partial charge in [-0.3, -0.25) is 14.5 Å². The molecular weight excluding hydrogens is 216 g/mol. The number of ketones is 1. The van der Waals surface area contributed by atoms with Crippen molar-refractivity contribution in [2.75, 3.05) is 26.2 Å². The minimum absolute atomic E-state index is 0.148.